The van der Waals surface area contributed by atoms with E-state index in [0.29, 0.717) is 5.70 Å². The molecule has 0 radical (unpaired) electrons. The number of unbranched alkanes of at least 4 members (excludes halogenated alkanes) is 2. The molecule has 0 bridgehead atoms. The van der Waals surface area contributed by atoms with Gasteiger partial charge in [-0.2, -0.15) is 0 Å². The minimum absolute atomic E-state index is 0.663. The lowest BCUT2D eigenvalue weighted by atomic mass is 10.2. The molecule has 1 unspecified atom stereocenters. The van der Waals surface area contributed by atoms with Crippen molar-refractivity contribution in [3.05, 3.63) is 89.8 Å². The van der Waals surface area contributed by atoms with E-state index >= 15 is 0 Å². The van der Waals surface area contributed by atoms with E-state index in [4.69, 9.17) is 5.73 Å². The smallest absolute Gasteiger partial charge is 0.151 e. The number of allylic oxidation sites excluding steroid dienone is 2. The number of hydrogen-bond acceptors (Lipinski definition) is 4. The third-order valence-electron chi connectivity index (χ3n) is 4.84. The lowest BCUT2D eigenvalue weighted by molar-refractivity contribution is 0.499. The molecule has 0 aliphatic carbocycles. The summed E-state index contributed by atoms with van der Waals surface area (Å²) in [5, 5.41) is 0. The molecule has 0 fully saturated rings. The second kappa shape index (κ2) is 23.7. The van der Waals surface area contributed by atoms with E-state index in [-0.39, 0.29) is 0 Å². The van der Waals surface area contributed by atoms with E-state index in [9.17, 15) is 4.21 Å². The van der Waals surface area contributed by atoms with Crippen molar-refractivity contribution < 1.29 is 4.21 Å². The minimum Gasteiger partial charge on any atom is -0.396 e. The lowest BCUT2D eigenvalue weighted by Gasteiger charge is -2.21. The Hall–Kier alpha value is -2.70. The molecule has 0 aliphatic rings. The first-order valence-electron chi connectivity index (χ1n) is 13.1. The van der Waals surface area contributed by atoms with Gasteiger partial charge < -0.3 is 16.4 Å². The molecule has 6 heteroatoms. The highest BCUT2D eigenvalue weighted by Gasteiger charge is 2.09. The number of rotatable bonds is 9. The van der Waals surface area contributed by atoms with Gasteiger partial charge in [0.05, 0.1) is 16.5 Å². The zero-order valence-electron chi connectivity index (χ0n) is 24.6. The van der Waals surface area contributed by atoms with Crippen LogP contribution in [0.15, 0.2) is 88.5 Å². The lowest BCUT2D eigenvalue weighted by Crippen LogP contribution is -2.31. The molecule has 5 nitrogen and oxygen atoms in total. The van der Waals surface area contributed by atoms with Gasteiger partial charge in [0.25, 0.3) is 0 Å². The summed E-state index contributed by atoms with van der Waals surface area (Å²) in [7, 11) is 2.68. The van der Waals surface area contributed by atoms with Crippen molar-refractivity contribution in [2.75, 3.05) is 19.8 Å². The number of benzene rings is 2. The summed E-state index contributed by atoms with van der Waals surface area (Å²) in [6.07, 6.45) is 6.90. The molecule has 0 heterocycles. The van der Waals surface area contributed by atoms with Crippen LogP contribution in [0.1, 0.15) is 71.4 Å². The highest BCUT2D eigenvalue weighted by Crippen LogP contribution is 2.10. The molecule has 2 aromatic rings. The fourth-order valence-electron chi connectivity index (χ4n) is 3.03. The summed E-state index contributed by atoms with van der Waals surface area (Å²) < 4.78 is 11.5. The molecule has 0 saturated carbocycles. The number of aryl methyl sites for hydroxylation is 1. The maximum Gasteiger partial charge on any atom is 0.151 e. The van der Waals surface area contributed by atoms with Crippen LogP contribution in [0.5, 0.6) is 0 Å². The van der Waals surface area contributed by atoms with Crippen molar-refractivity contribution >= 4 is 16.6 Å². The fraction of sp³-hybridized carbons (Fsp3) is 0.452. The summed E-state index contributed by atoms with van der Waals surface area (Å²) in [5.74, 6) is 1.53. The molecule has 2 rings (SSSR count). The van der Waals surface area contributed by atoms with Gasteiger partial charge in [-0.1, -0.05) is 95.2 Å². The largest absolute Gasteiger partial charge is 0.396 e. The van der Waals surface area contributed by atoms with Crippen LogP contribution in [0.25, 0.3) is 0 Å². The molecule has 0 saturated heterocycles. The molecule has 0 aromatic heterocycles. The van der Waals surface area contributed by atoms with Gasteiger partial charge in [-0.15, -0.1) is 0 Å². The van der Waals surface area contributed by atoms with Gasteiger partial charge >= 0.3 is 0 Å². The first-order valence-corrected chi connectivity index (χ1v) is 14.5. The maximum absolute atomic E-state index is 11.5. The van der Waals surface area contributed by atoms with E-state index in [1.807, 2.05) is 88.2 Å². The quantitative estimate of drug-likeness (QED) is 0.266. The van der Waals surface area contributed by atoms with E-state index in [2.05, 4.69) is 43.3 Å². The van der Waals surface area contributed by atoms with Gasteiger partial charge in [0.2, 0.25) is 0 Å². The fourth-order valence-corrected chi connectivity index (χ4v) is 4.18. The number of hydrogen-bond donors (Lipinski definition) is 2. The molecule has 1 atom stereocenters. The summed E-state index contributed by atoms with van der Waals surface area (Å²) in [5.41, 5.74) is 14.3. The van der Waals surface area contributed by atoms with E-state index in [1.54, 1.807) is 0 Å². The zero-order valence-corrected chi connectivity index (χ0v) is 25.4. The van der Waals surface area contributed by atoms with Crippen LogP contribution in [-0.2, 0) is 17.3 Å². The predicted octanol–water partition coefficient (Wildman–Crippen LogP) is 7.20. The maximum atomic E-state index is 11.5. The van der Waals surface area contributed by atoms with Crippen LogP contribution in [0.3, 0.4) is 0 Å². The van der Waals surface area contributed by atoms with Gasteiger partial charge in [0.15, 0.2) is 5.84 Å². The Labute approximate surface area is 230 Å². The zero-order chi connectivity index (χ0) is 28.6. The van der Waals surface area contributed by atoms with Gasteiger partial charge in [-0.3, -0.25) is 4.21 Å². The van der Waals surface area contributed by atoms with Crippen molar-refractivity contribution in [3.63, 3.8) is 0 Å². The third kappa shape index (κ3) is 18.2. The summed E-state index contributed by atoms with van der Waals surface area (Å²) in [6.45, 7) is 16.8. The highest BCUT2D eigenvalue weighted by atomic mass is 32.2. The van der Waals surface area contributed by atoms with E-state index in [0.717, 1.165) is 35.1 Å². The Kier molecular flexibility index (Phi) is 23.3. The van der Waals surface area contributed by atoms with Crippen LogP contribution < -0.4 is 11.5 Å². The molecule has 4 N–H and O–H groups in total. The molecule has 0 spiro atoms. The first-order chi connectivity index (χ1) is 17.7. The second-order valence-electron chi connectivity index (χ2n) is 8.48. The molecule has 2 aromatic carbocycles. The highest BCUT2D eigenvalue weighted by molar-refractivity contribution is 7.85. The molecule has 208 valence electrons. The molecule has 37 heavy (non-hydrogen) atoms. The Balaban J connectivity index is 0. The topological polar surface area (TPSA) is 84.7 Å². The van der Waals surface area contributed by atoms with Crippen LogP contribution in [-0.4, -0.2) is 34.8 Å². The van der Waals surface area contributed by atoms with Gasteiger partial charge in [0.1, 0.15) is 0 Å². The van der Waals surface area contributed by atoms with E-state index in [1.165, 1.54) is 37.4 Å². The first kappa shape index (κ1) is 36.5. The van der Waals surface area contributed by atoms with Crippen LogP contribution in [0.2, 0.25) is 0 Å². The van der Waals surface area contributed by atoms with Crippen molar-refractivity contribution in [3.8, 4) is 0 Å². The normalized spacial score (nSPS) is 11.5. The van der Waals surface area contributed by atoms with Gasteiger partial charge in [0, 0.05) is 29.9 Å². The monoisotopic (exact) mass is 528 g/mol. The summed E-state index contributed by atoms with van der Waals surface area (Å²) in [6, 6.07) is 18.1. The predicted molar refractivity (Wildman–Crippen MR) is 166 cm³/mol. The van der Waals surface area contributed by atoms with Crippen LogP contribution in [0.4, 0.5) is 0 Å². The molecule has 0 aliphatic heterocycles. The molecular formula is C31H52N4OS. The Morgan fingerprint density at radius 1 is 1.03 bits per heavy atom. The Morgan fingerprint density at radius 3 is 2.05 bits per heavy atom. The minimum atomic E-state index is -0.794. The van der Waals surface area contributed by atoms with E-state index < -0.39 is 10.8 Å². The molecular weight excluding hydrogens is 476 g/mol. The Bertz CT molecular complexity index is 937. The van der Waals surface area contributed by atoms with Crippen molar-refractivity contribution in [2.24, 2.45) is 16.5 Å². The average molecular weight is 529 g/mol. The van der Waals surface area contributed by atoms with Crippen molar-refractivity contribution in [1.29, 1.82) is 0 Å². The average Bonchev–Trinajstić information content (AvgIpc) is 2.90. The van der Waals surface area contributed by atoms with Gasteiger partial charge in [-0.25, -0.2) is 4.99 Å². The summed E-state index contributed by atoms with van der Waals surface area (Å²) in [4.78, 5) is 7.38. The standard InChI is InChI=1S/C15H21N3.C10H14OS.C5H12.CH5N/c1-5-14(16)15(17-12(2)3)18(4)11-13-9-7-6-8-10-13;1-3-7-12(11)10-6-4-5-9(2)8-10;1-3-5-4-2;1-2/h5-10H,2,11,16H2,1,3-4H3;4-6,8H,3,7H2,1-2H3;3-5H2,1-2H3;2H2,1H3/b14-5+,17-15?;;;. The number of likely N-dealkylation sites (N-methyl/N-ethyl adjacent to an activating group) is 1. The summed E-state index contributed by atoms with van der Waals surface area (Å²) >= 11 is 0. The van der Waals surface area contributed by atoms with Gasteiger partial charge in [-0.05, 0) is 57.5 Å². The molecule has 0 amide bonds. The SMILES string of the molecule is C=C(C)N=C(/C(N)=C\C)N(C)Cc1ccccc1.CCCCC.CCCS(=O)c1cccc(C)c1.CN. The van der Waals surface area contributed by atoms with Crippen molar-refractivity contribution in [2.45, 2.75) is 78.7 Å². The second-order valence-corrected chi connectivity index (χ2v) is 10.0. The third-order valence-corrected chi connectivity index (χ3v) is 6.40. The number of aliphatic imine (C=N–C) groups is 1. The number of amidine groups is 1. The number of nitrogens with two attached hydrogens (primary N) is 2. The number of nitrogens with zero attached hydrogens (tertiary/aromatic N) is 2. The van der Waals surface area contributed by atoms with Crippen LogP contribution in [0, 0.1) is 6.92 Å². The van der Waals surface area contributed by atoms with Crippen LogP contribution >= 0.6 is 0 Å². The van der Waals surface area contributed by atoms with Crippen molar-refractivity contribution in [1.82, 2.24) is 4.90 Å². The Morgan fingerprint density at radius 2 is 1.62 bits per heavy atom.